The fourth-order valence-electron chi connectivity index (χ4n) is 3.00. The smallest absolute Gasteiger partial charge is 0.223 e. The number of hydrogen-bond donors (Lipinski definition) is 1. The van der Waals surface area contributed by atoms with Gasteiger partial charge >= 0.3 is 0 Å². The predicted molar refractivity (Wildman–Crippen MR) is 107 cm³/mol. The van der Waals surface area contributed by atoms with Gasteiger partial charge in [0.05, 0.1) is 0 Å². The molecule has 1 aliphatic rings. The Kier molecular flexibility index (Phi) is 9.57. The van der Waals surface area contributed by atoms with E-state index >= 15 is 0 Å². The highest BCUT2D eigenvalue weighted by Gasteiger charge is 2.26. The number of rotatable bonds is 7. The molecule has 1 atom stereocenters. The number of aryl methyl sites for hydroxylation is 1. The molecule has 1 fully saturated rings. The van der Waals surface area contributed by atoms with Gasteiger partial charge in [-0.05, 0) is 32.4 Å². The number of halogens is 1. The van der Waals surface area contributed by atoms with Gasteiger partial charge in [0, 0.05) is 33.1 Å². The van der Waals surface area contributed by atoms with Gasteiger partial charge in [0.1, 0.15) is 6.54 Å². The van der Waals surface area contributed by atoms with Crippen LogP contribution in [0.1, 0.15) is 38.9 Å². The van der Waals surface area contributed by atoms with Gasteiger partial charge in [-0.15, -0.1) is 24.0 Å². The van der Waals surface area contributed by atoms with Crippen molar-refractivity contribution in [2.45, 2.75) is 40.7 Å². The maximum Gasteiger partial charge on any atom is 0.223 e. The van der Waals surface area contributed by atoms with Gasteiger partial charge in [-0.25, -0.2) is 4.99 Å². The molecule has 1 saturated heterocycles. The van der Waals surface area contributed by atoms with Crippen molar-refractivity contribution >= 4 is 29.9 Å². The molecule has 1 aliphatic heterocycles. The van der Waals surface area contributed by atoms with Crippen LogP contribution in [0.15, 0.2) is 9.52 Å². The van der Waals surface area contributed by atoms with Crippen molar-refractivity contribution in [3.63, 3.8) is 0 Å². The van der Waals surface area contributed by atoms with Crippen LogP contribution in [0.25, 0.3) is 0 Å². The minimum atomic E-state index is 0. The first kappa shape index (κ1) is 21.1. The minimum absolute atomic E-state index is 0. The molecule has 7 nitrogen and oxygen atoms in total. The number of hydrogen-bond acceptors (Lipinski definition) is 5. The van der Waals surface area contributed by atoms with E-state index in [0.29, 0.717) is 24.2 Å². The van der Waals surface area contributed by atoms with Crippen LogP contribution in [0, 0.1) is 12.8 Å². The summed E-state index contributed by atoms with van der Waals surface area (Å²) in [4.78, 5) is 13.7. The Hall–Kier alpha value is -0.900. The van der Waals surface area contributed by atoms with Gasteiger partial charge in [-0.2, -0.15) is 4.98 Å². The first-order chi connectivity index (χ1) is 11.2. The lowest BCUT2D eigenvalue weighted by molar-refractivity contribution is 0.255. The normalized spacial score (nSPS) is 18.1. The predicted octanol–water partition coefficient (Wildman–Crippen LogP) is 2.13. The van der Waals surface area contributed by atoms with E-state index in [1.165, 1.54) is 13.0 Å². The van der Waals surface area contributed by atoms with Gasteiger partial charge in [0.2, 0.25) is 5.89 Å². The van der Waals surface area contributed by atoms with Crippen LogP contribution >= 0.6 is 24.0 Å². The van der Waals surface area contributed by atoms with Crippen LogP contribution < -0.4 is 5.32 Å². The fraction of sp³-hybridized carbons (Fsp3) is 0.812. The molecule has 0 saturated carbocycles. The van der Waals surface area contributed by atoms with Crippen LogP contribution in [0.4, 0.5) is 0 Å². The van der Waals surface area contributed by atoms with Crippen LogP contribution in [-0.4, -0.2) is 65.2 Å². The third kappa shape index (κ3) is 6.19. The molecule has 24 heavy (non-hydrogen) atoms. The Morgan fingerprint density at radius 3 is 2.71 bits per heavy atom. The summed E-state index contributed by atoms with van der Waals surface area (Å²) in [5, 5.41) is 7.28. The summed E-state index contributed by atoms with van der Waals surface area (Å²) in [6, 6.07) is 0. The molecule has 2 rings (SSSR count). The monoisotopic (exact) mass is 450 g/mol. The second-order valence-electron chi connectivity index (χ2n) is 5.99. The zero-order valence-electron chi connectivity index (χ0n) is 15.3. The number of guanidine groups is 1. The van der Waals surface area contributed by atoms with Crippen LogP contribution in [0.2, 0.25) is 0 Å². The maximum atomic E-state index is 5.00. The van der Waals surface area contributed by atoms with Gasteiger partial charge in [-0.3, -0.25) is 0 Å². The average molecular weight is 450 g/mol. The number of aromatic nitrogens is 2. The third-order valence-corrected chi connectivity index (χ3v) is 4.27. The zero-order valence-corrected chi connectivity index (χ0v) is 17.6. The Labute approximate surface area is 162 Å². The molecule has 1 N–H and O–H groups in total. The molecule has 2 heterocycles. The molecular weight excluding hydrogens is 419 g/mol. The fourth-order valence-corrected chi connectivity index (χ4v) is 3.00. The molecule has 0 bridgehead atoms. The second-order valence-corrected chi connectivity index (χ2v) is 5.99. The van der Waals surface area contributed by atoms with Crippen molar-refractivity contribution in [1.82, 2.24) is 25.3 Å². The molecule has 8 heteroatoms. The number of nitrogens with one attached hydrogen (secondary N) is 1. The van der Waals surface area contributed by atoms with E-state index in [0.717, 1.165) is 38.7 Å². The summed E-state index contributed by atoms with van der Waals surface area (Å²) >= 11 is 0. The minimum Gasteiger partial charge on any atom is -0.357 e. The van der Waals surface area contributed by atoms with E-state index in [1.807, 2.05) is 0 Å². The first-order valence-corrected chi connectivity index (χ1v) is 8.71. The summed E-state index contributed by atoms with van der Waals surface area (Å²) in [5.74, 6) is 2.89. The Balaban J connectivity index is 0.00000288. The third-order valence-electron chi connectivity index (χ3n) is 4.27. The lowest BCUT2D eigenvalue weighted by Crippen LogP contribution is -2.40. The molecule has 138 valence electrons. The Bertz CT molecular complexity index is 503. The average Bonchev–Trinajstić information content (AvgIpc) is 3.18. The summed E-state index contributed by atoms with van der Waals surface area (Å²) in [5.41, 5.74) is 0. The van der Waals surface area contributed by atoms with Crippen molar-refractivity contribution in [1.29, 1.82) is 0 Å². The topological polar surface area (TPSA) is 69.8 Å². The summed E-state index contributed by atoms with van der Waals surface area (Å²) < 4.78 is 5.00. The Morgan fingerprint density at radius 2 is 2.12 bits per heavy atom. The lowest BCUT2D eigenvalue weighted by atomic mass is 10.1. The van der Waals surface area contributed by atoms with E-state index in [1.54, 1.807) is 6.92 Å². The van der Waals surface area contributed by atoms with Crippen LogP contribution in [0.3, 0.4) is 0 Å². The number of aliphatic imine (C=N–C) groups is 1. The van der Waals surface area contributed by atoms with E-state index < -0.39 is 0 Å². The maximum absolute atomic E-state index is 5.00. The summed E-state index contributed by atoms with van der Waals surface area (Å²) in [7, 11) is 0. The molecule has 0 spiro atoms. The zero-order chi connectivity index (χ0) is 16.7. The quantitative estimate of drug-likeness (QED) is 0.390. The number of nitrogens with zero attached hydrogens (tertiary/aromatic N) is 5. The number of likely N-dealkylation sites (tertiary alicyclic amines) is 1. The van der Waals surface area contributed by atoms with Crippen molar-refractivity contribution in [2.75, 3.05) is 39.3 Å². The van der Waals surface area contributed by atoms with Crippen LogP contribution in [-0.2, 0) is 6.54 Å². The van der Waals surface area contributed by atoms with Gasteiger partial charge in [-0.1, -0.05) is 19.0 Å². The second kappa shape index (κ2) is 10.9. The molecule has 0 radical (unpaired) electrons. The van der Waals surface area contributed by atoms with Crippen molar-refractivity contribution in [2.24, 2.45) is 10.9 Å². The molecule has 0 amide bonds. The molecular formula is C16H31IN6O. The highest BCUT2D eigenvalue weighted by Crippen LogP contribution is 2.17. The van der Waals surface area contributed by atoms with Gasteiger partial charge in [0.25, 0.3) is 0 Å². The highest BCUT2D eigenvalue weighted by atomic mass is 127. The van der Waals surface area contributed by atoms with E-state index in [2.05, 4.69) is 51.0 Å². The molecule has 1 aromatic rings. The first-order valence-electron chi connectivity index (χ1n) is 8.71. The SMILES string of the molecule is CCNC(=NCc1noc(C)n1)N1CCC(CN(CC)CC)C1.I. The molecule has 1 unspecified atom stereocenters. The van der Waals surface area contributed by atoms with Crippen molar-refractivity contribution in [3.05, 3.63) is 11.7 Å². The highest BCUT2D eigenvalue weighted by molar-refractivity contribution is 14.0. The van der Waals surface area contributed by atoms with Gasteiger partial charge in [0.15, 0.2) is 11.8 Å². The summed E-state index contributed by atoms with van der Waals surface area (Å²) in [6.45, 7) is 15.2. The summed E-state index contributed by atoms with van der Waals surface area (Å²) in [6.07, 6.45) is 1.22. The van der Waals surface area contributed by atoms with E-state index in [4.69, 9.17) is 4.52 Å². The lowest BCUT2D eigenvalue weighted by Gasteiger charge is -2.24. The van der Waals surface area contributed by atoms with Gasteiger partial charge < -0.3 is 19.6 Å². The van der Waals surface area contributed by atoms with Crippen LogP contribution in [0.5, 0.6) is 0 Å². The Morgan fingerprint density at radius 1 is 1.38 bits per heavy atom. The molecule has 1 aromatic heterocycles. The standard InChI is InChI=1S/C16H30N6O.HI/c1-5-17-16(18-10-15-19-13(4)23-20-15)22-9-8-14(12-22)11-21(6-2)7-3;/h14H,5-12H2,1-4H3,(H,17,18);1H. The molecule has 0 aromatic carbocycles. The van der Waals surface area contributed by atoms with Crippen molar-refractivity contribution in [3.8, 4) is 0 Å². The van der Waals surface area contributed by atoms with E-state index in [9.17, 15) is 0 Å². The van der Waals surface area contributed by atoms with Crippen molar-refractivity contribution < 1.29 is 4.52 Å². The molecule has 0 aliphatic carbocycles. The van der Waals surface area contributed by atoms with E-state index in [-0.39, 0.29) is 24.0 Å². The largest absolute Gasteiger partial charge is 0.357 e.